The standard InChI is InChI=1S/C12H12BrN3O/c1-7-3-4-10(9(13)5-7)15-12(17)11-8(2)6-14-16-11/h3-6H,1-2H3,(H,14,16)(H,15,17). The van der Waals surface area contributed by atoms with Gasteiger partial charge in [-0.1, -0.05) is 6.07 Å². The summed E-state index contributed by atoms with van der Waals surface area (Å²) in [5.41, 5.74) is 3.19. The van der Waals surface area contributed by atoms with Gasteiger partial charge in [-0.3, -0.25) is 9.89 Å². The molecular formula is C12H12BrN3O. The van der Waals surface area contributed by atoms with Crippen molar-refractivity contribution in [1.29, 1.82) is 0 Å². The van der Waals surface area contributed by atoms with Crippen LogP contribution >= 0.6 is 15.9 Å². The van der Waals surface area contributed by atoms with E-state index in [2.05, 4.69) is 31.4 Å². The Kier molecular flexibility index (Phi) is 3.28. The van der Waals surface area contributed by atoms with Crippen LogP contribution in [0, 0.1) is 13.8 Å². The van der Waals surface area contributed by atoms with Gasteiger partial charge in [0, 0.05) is 4.47 Å². The average Bonchev–Trinajstić information content (AvgIpc) is 2.68. The highest BCUT2D eigenvalue weighted by Gasteiger charge is 2.12. The number of rotatable bonds is 2. The van der Waals surface area contributed by atoms with E-state index in [-0.39, 0.29) is 5.91 Å². The summed E-state index contributed by atoms with van der Waals surface area (Å²) >= 11 is 3.42. The lowest BCUT2D eigenvalue weighted by atomic mass is 10.2. The Morgan fingerprint density at radius 1 is 1.41 bits per heavy atom. The smallest absolute Gasteiger partial charge is 0.273 e. The van der Waals surface area contributed by atoms with Crippen LogP contribution in [0.4, 0.5) is 5.69 Å². The molecule has 0 unspecified atom stereocenters. The summed E-state index contributed by atoms with van der Waals surface area (Å²) in [6.45, 7) is 3.83. The van der Waals surface area contributed by atoms with Crippen molar-refractivity contribution in [2.75, 3.05) is 5.32 Å². The number of aromatic nitrogens is 2. The molecule has 17 heavy (non-hydrogen) atoms. The molecule has 2 rings (SSSR count). The molecule has 4 nitrogen and oxygen atoms in total. The maximum Gasteiger partial charge on any atom is 0.273 e. The van der Waals surface area contributed by atoms with Crippen LogP contribution in [0.15, 0.2) is 28.9 Å². The number of nitrogens with one attached hydrogen (secondary N) is 2. The van der Waals surface area contributed by atoms with E-state index in [0.717, 1.165) is 21.3 Å². The molecule has 0 radical (unpaired) electrons. The Balaban J connectivity index is 2.22. The maximum absolute atomic E-state index is 11.9. The van der Waals surface area contributed by atoms with Crippen molar-refractivity contribution in [3.05, 3.63) is 45.7 Å². The highest BCUT2D eigenvalue weighted by atomic mass is 79.9. The van der Waals surface area contributed by atoms with E-state index >= 15 is 0 Å². The number of hydrogen-bond acceptors (Lipinski definition) is 2. The molecule has 0 saturated carbocycles. The largest absolute Gasteiger partial charge is 0.320 e. The molecule has 0 bridgehead atoms. The Labute approximate surface area is 108 Å². The molecule has 0 atom stereocenters. The van der Waals surface area contributed by atoms with E-state index < -0.39 is 0 Å². The van der Waals surface area contributed by atoms with Crippen LogP contribution in [0.25, 0.3) is 0 Å². The number of anilines is 1. The Morgan fingerprint density at radius 2 is 2.18 bits per heavy atom. The van der Waals surface area contributed by atoms with Gasteiger partial charge in [-0.15, -0.1) is 0 Å². The lowest BCUT2D eigenvalue weighted by Gasteiger charge is -2.07. The van der Waals surface area contributed by atoms with E-state index in [4.69, 9.17) is 0 Å². The minimum absolute atomic E-state index is 0.190. The summed E-state index contributed by atoms with van der Waals surface area (Å²) in [6.07, 6.45) is 1.62. The van der Waals surface area contributed by atoms with Gasteiger partial charge in [0.25, 0.3) is 5.91 Å². The second-order valence-electron chi connectivity index (χ2n) is 3.87. The van der Waals surface area contributed by atoms with Crippen molar-refractivity contribution in [3.8, 4) is 0 Å². The van der Waals surface area contributed by atoms with Crippen LogP contribution < -0.4 is 5.32 Å². The number of amides is 1. The van der Waals surface area contributed by atoms with Gasteiger partial charge in [-0.25, -0.2) is 0 Å². The normalized spacial score (nSPS) is 10.3. The van der Waals surface area contributed by atoms with E-state index in [1.807, 2.05) is 32.0 Å². The quantitative estimate of drug-likeness (QED) is 0.894. The number of nitrogens with zero attached hydrogens (tertiary/aromatic N) is 1. The third kappa shape index (κ3) is 2.55. The second kappa shape index (κ2) is 4.71. The number of halogens is 1. The monoisotopic (exact) mass is 293 g/mol. The highest BCUT2D eigenvalue weighted by Crippen LogP contribution is 2.23. The van der Waals surface area contributed by atoms with E-state index in [9.17, 15) is 4.79 Å². The zero-order valence-electron chi connectivity index (χ0n) is 9.54. The Bertz CT molecular complexity index is 563. The van der Waals surface area contributed by atoms with Crippen LogP contribution in [-0.2, 0) is 0 Å². The van der Waals surface area contributed by atoms with Gasteiger partial charge in [-0.2, -0.15) is 5.10 Å². The molecule has 0 spiro atoms. The van der Waals surface area contributed by atoms with E-state index in [1.165, 1.54) is 0 Å². The van der Waals surface area contributed by atoms with Gasteiger partial charge in [0.2, 0.25) is 0 Å². The van der Waals surface area contributed by atoms with E-state index in [1.54, 1.807) is 6.20 Å². The number of aromatic amines is 1. The van der Waals surface area contributed by atoms with Gasteiger partial charge in [-0.05, 0) is 53.0 Å². The molecular weight excluding hydrogens is 282 g/mol. The molecule has 0 saturated heterocycles. The topological polar surface area (TPSA) is 57.8 Å². The lowest BCUT2D eigenvalue weighted by Crippen LogP contribution is -2.14. The molecule has 1 aromatic carbocycles. The molecule has 0 aliphatic carbocycles. The van der Waals surface area contributed by atoms with Gasteiger partial charge in [0.1, 0.15) is 5.69 Å². The molecule has 1 aromatic heterocycles. The fraction of sp³-hybridized carbons (Fsp3) is 0.167. The van der Waals surface area contributed by atoms with Gasteiger partial charge in [0.05, 0.1) is 11.9 Å². The third-order valence-corrected chi connectivity index (χ3v) is 3.08. The molecule has 0 aliphatic heterocycles. The third-order valence-electron chi connectivity index (χ3n) is 2.43. The van der Waals surface area contributed by atoms with Crippen LogP contribution in [0.3, 0.4) is 0 Å². The first-order chi connectivity index (χ1) is 8.08. The Hall–Kier alpha value is -1.62. The first kappa shape index (κ1) is 11.9. The maximum atomic E-state index is 11.9. The zero-order valence-corrected chi connectivity index (χ0v) is 11.1. The molecule has 0 fully saturated rings. The number of benzene rings is 1. The molecule has 88 valence electrons. The minimum Gasteiger partial charge on any atom is -0.320 e. The summed E-state index contributed by atoms with van der Waals surface area (Å²) in [5.74, 6) is -0.190. The van der Waals surface area contributed by atoms with Crippen LogP contribution in [0.2, 0.25) is 0 Å². The molecule has 1 heterocycles. The summed E-state index contributed by atoms with van der Waals surface area (Å²) < 4.78 is 0.864. The van der Waals surface area contributed by atoms with Crippen LogP contribution in [0.5, 0.6) is 0 Å². The van der Waals surface area contributed by atoms with Gasteiger partial charge in [0.15, 0.2) is 0 Å². The van der Waals surface area contributed by atoms with Crippen LogP contribution in [0.1, 0.15) is 21.6 Å². The first-order valence-electron chi connectivity index (χ1n) is 5.15. The predicted molar refractivity (Wildman–Crippen MR) is 70.2 cm³/mol. The second-order valence-corrected chi connectivity index (χ2v) is 4.72. The van der Waals surface area contributed by atoms with Crippen molar-refractivity contribution in [2.45, 2.75) is 13.8 Å². The average molecular weight is 294 g/mol. The fourth-order valence-electron chi connectivity index (χ4n) is 1.48. The molecule has 0 aliphatic rings. The summed E-state index contributed by atoms with van der Waals surface area (Å²) in [5, 5.41) is 9.33. The van der Waals surface area contributed by atoms with Gasteiger partial charge < -0.3 is 5.32 Å². The van der Waals surface area contributed by atoms with Crippen molar-refractivity contribution < 1.29 is 4.79 Å². The first-order valence-corrected chi connectivity index (χ1v) is 5.94. The fourth-order valence-corrected chi connectivity index (χ4v) is 2.07. The predicted octanol–water partition coefficient (Wildman–Crippen LogP) is 3.04. The van der Waals surface area contributed by atoms with Gasteiger partial charge >= 0.3 is 0 Å². The SMILES string of the molecule is Cc1ccc(NC(=O)c2[nH]ncc2C)c(Br)c1. The lowest BCUT2D eigenvalue weighted by molar-refractivity contribution is 0.102. The number of aryl methyl sites for hydroxylation is 2. The number of hydrogen-bond donors (Lipinski definition) is 2. The van der Waals surface area contributed by atoms with E-state index in [0.29, 0.717) is 5.69 Å². The highest BCUT2D eigenvalue weighted by molar-refractivity contribution is 9.10. The molecule has 2 aromatic rings. The minimum atomic E-state index is -0.190. The molecule has 1 amide bonds. The Morgan fingerprint density at radius 3 is 2.76 bits per heavy atom. The molecule has 5 heteroatoms. The number of H-pyrrole nitrogens is 1. The van der Waals surface area contributed by atoms with Crippen molar-refractivity contribution in [2.24, 2.45) is 0 Å². The van der Waals surface area contributed by atoms with Crippen molar-refractivity contribution >= 4 is 27.5 Å². The summed E-state index contributed by atoms with van der Waals surface area (Å²) in [4.78, 5) is 11.9. The zero-order chi connectivity index (χ0) is 12.4. The van der Waals surface area contributed by atoms with Crippen molar-refractivity contribution in [3.63, 3.8) is 0 Å². The number of carbonyl (C=O) groups excluding carboxylic acids is 1. The number of carbonyl (C=O) groups is 1. The van der Waals surface area contributed by atoms with Crippen molar-refractivity contribution in [1.82, 2.24) is 10.2 Å². The summed E-state index contributed by atoms with van der Waals surface area (Å²) in [7, 11) is 0. The molecule has 2 N–H and O–H groups in total. The van der Waals surface area contributed by atoms with Crippen LogP contribution in [-0.4, -0.2) is 16.1 Å². The summed E-state index contributed by atoms with van der Waals surface area (Å²) in [6, 6.07) is 5.76.